The molecule has 1 aromatic rings. The summed E-state index contributed by atoms with van der Waals surface area (Å²) in [6, 6.07) is 6.93. The number of rotatable bonds is 3. The highest BCUT2D eigenvalue weighted by molar-refractivity contribution is 5.96. The molecule has 3 heteroatoms. The molecule has 2 aliphatic carbocycles. The van der Waals surface area contributed by atoms with Crippen LogP contribution in [-0.4, -0.2) is 19.5 Å². The van der Waals surface area contributed by atoms with Crippen LogP contribution < -0.4 is 10.6 Å². The topological polar surface area (TPSA) is 41.1 Å². The van der Waals surface area contributed by atoms with Crippen LogP contribution in [0.5, 0.6) is 0 Å². The molecule has 4 rings (SSSR count). The van der Waals surface area contributed by atoms with Gasteiger partial charge in [-0.25, -0.2) is 0 Å². The number of benzene rings is 1. The number of carbonyl (C=O) groups is 1. The van der Waals surface area contributed by atoms with Crippen molar-refractivity contribution in [2.24, 2.45) is 17.8 Å². The van der Waals surface area contributed by atoms with Gasteiger partial charge in [0, 0.05) is 18.2 Å². The third kappa shape index (κ3) is 1.80. The zero-order valence-corrected chi connectivity index (χ0v) is 12.0. The molecule has 1 heterocycles. The molecule has 20 heavy (non-hydrogen) atoms. The molecule has 0 aromatic heterocycles. The average molecular weight is 270 g/mol. The summed E-state index contributed by atoms with van der Waals surface area (Å²) in [4.78, 5) is 12.0. The Morgan fingerprint density at radius 3 is 2.85 bits per heavy atom. The van der Waals surface area contributed by atoms with E-state index in [-0.39, 0.29) is 5.91 Å². The van der Waals surface area contributed by atoms with Crippen LogP contribution in [0.2, 0.25) is 0 Å². The van der Waals surface area contributed by atoms with E-state index in [1.807, 2.05) is 0 Å². The van der Waals surface area contributed by atoms with Gasteiger partial charge in [0.25, 0.3) is 5.91 Å². The molecule has 3 unspecified atom stereocenters. The molecule has 0 saturated heterocycles. The lowest BCUT2D eigenvalue weighted by atomic mass is 9.91. The first-order chi connectivity index (χ1) is 9.79. The maximum atomic E-state index is 12.0. The Labute approximate surface area is 120 Å². The van der Waals surface area contributed by atoms with Gasteiger partial charge >= 0.3 is 0 Å². The van der Waals surface area contributed by atoms with Crippen LogP contribution in [0, 0.1) is 17.8 Å². The molecule has 0 spiro atoms. The molecule has 0 radical (unpaired) electrons. The van der Waals surface area contributed by atoms with E-state index in [9.17, 15) is 4.79 Å². The third-order valence-corrected chi connectivity index (χ3v) is 5.59. The van der Waals surface area contributed by atoms with Gasteiger partial charge in [0.2, 0.25) is 0 Å². The molecule has 1 aliphatic heterocycles. The first-order valence-electron chi connectivity index (χ1n) is 7.88. The lowest BCUT2D eigenvalue weighted by Gasteiger charge is -2.22. The van der Waals surface area contributed by atoms with Crippen molar-refractivity contribution in [3.8, 4) is 0 Å². The van der Waals surface area contributed by atoms with Crippen molar-refractivity contribution in [3.63, 3.8) is 0 Å². The predicted molar refractivity (Wildman–Crippen MR) is 78.6 cm³/mol. The Morgan fingerprint density at radius 1 is 1.30 bits per heavy atom. The van der Waals surface area contributed by atoms with Gasteiger partial charge < -0.3 is 10.6 Å². The fourth-order valence-corrected chi connectivity index (χ4v) is 4.58. The quantitative estimate of drug-likeness (QED) is 0.884. The first-order valence-corrected chi connectivity index (χ1v) is 7.88. The van der Waals surface area contributed by atoms with E-state index in [2.05, 4.69) is 35.9 Å². The summed E-state index contributed by atoms with van der Waals surface area (Å²) in [6.45, 7) is 0.771. The number of fused-ring (bicyclic) bond motifs is 2. The van der Waals surface area contributed by atoms with E-state index in [4.69, 9.17) is 0 Å². The normalized spacial score (nSPS) is 32.2. The van der Waals surface area contributed by atoms with Crippen molar-refractivity contribution in [2.45, 2.75) is 31.7 Å². The van der Waals surface area contributed by atoms with E-state index in [1.165, 1.54) is 30.4 Å². The van der Waals surface area contributed by atoms with Gasteiger partial charge in [-0.15, -0.1) is 0 Å². The van der Waals surface area contributed by atoms with Crippen LogP contribution >= 0.6 is 0 Å². The Bertz CT molecular complexity index is 544. The van der Waals surface area contributed by atoms with E-state index < -0.39 is 0 Å². The molecule has 3 atom stereocenters. The van der Waals surface area contributed by atoms with Crippen molar-refractivity contribution >= 4 is 5.91 Å². The number of amides is 1. The summed E-state index contributed by atoms with van der Waals surface area (Å²) >= 11 is 0. The van der Waals surface area contributed by atoms with Crippen LogP contribution in [0.4, 0.5) is 0 Å². The minimum absolute atomic E-state index is 0.0962. The highest BCUT2D eigenvalue weighted by Crippen LogP contribution is 2.62. The summed E-state index contributed by atoms with van der Waals surface area (Å²) in [7, 11) is 2.05. The second-order valence-corrected chi connectivity index (χ2v) is 6.52. The molecular formula is C17H22N2O. The summed E-state index contributed by atoms with van der Waals surface area (Å²) < 4.78 is 0. The van der Waals surface area contributed by atoms with E-state index in [0.29, 0.717) is 6.04 Å². The highest BCUT2D eigenvalue weighted by Gasteiger charge is 2.55. The molecule has 106 valence electrons. The largest absolute Gasteiger partial charge is 0.352 e. The maximum Gasteiger partial charge on any atom is 0.251 e. The standard InChI is InChI=1S/C17H22N2O/c1-18-16(15-12-3-2-4-13(12)15)11-6-5-10-7-8-19-17(20)14(10)9-11/h5-6,9,12-13,15-16,18H,2-4,7-8H2,1H3,(H,19,20). The molecule has 3 aliphatic rings. The first kappa shape index (κ1) is 12.4. The van der Waals surface area contributed by atoms with Crippen LogP contribution in [0.15, 0.2) is 18.2 Å². The lowest BCUT2D eigenvalue weighted by molar-refractivity contribution is 0.0946. The SMILES string of the molecule is CNC(c1ccc2c(c1)C(=O)NCC2)C1C2CCCC21. The minimum atomic E-state index is 0.0962. The second kappa shape index (κ2) is 4.59. The number of nitrogens with one attached hydrogen (secondary N) is 2. The van der Waals surface area contributed by atoms with Gasteiger partial charge in [0.1, 0.15) is 0 Å². The maximum absolute atomic E-state index is 12.0. The Morgan fingerprint density at radius 2 is 2.10 bits per heavy atom. The van der Waals surface area contributed by atoms with E-state index >= 15 is 0 Å². The molecule has 2 fully saturated rings. The van der Waals surface area contributed by atoms with Crippen molar-refractivity contribution in [2.75, 3.05) is 13.6 Å². The smallest absolute Gasteiger partial charge is 0.251 e. The Kier molecular flexibility index (Phi) is 2.84. The van der Waals surface area contributed by atoms with Crippen molar-refractivity contribution < 1.29 is 4.79 Å². The van der Waals surface area contributed by atoms with E-state index in [1.54, 1.807) is 0 Å². The number of hydrogen-bond acceptors (Lipinski definition) is 2. The molecule has 2 N–H and O–H groups in total. The van der Waals surface area contributed by atoms with Gasteiger partial charge in [-0.1, -0.05) is 18.6 Å². The average Bonchev–Trinajstić information content (AvgIpc) is 2.93. The second-order valence-electron chi connectivity index (χ2n) is 6.52. The van der Waals surface area contributed by atoms with Gasteiger partial charge in [-0.05, 0) is 61.3 Å². The fraction of sp³-hybridized carbons (Fsp3) is 0.588. The predicted octanol–water partition coefficient (Wildman–Crippen LogP) is 2.28. The Balaban J connectivity index is 1.64. The number of carbonyl (C=O) groups excluding carboxylic acids is 1. The van der Waals surface area contributed by atoms with Gasteiger partial charge in [0.15, 0.2) is 0 Å². The Hall–Kier alpha value is -1.35. The minimum Gasteiger partial charge on any atom is -0.352 e. The summed E-state index contributed by atoms with van der Waals surface area (Å²) in [6.07, 6.45) is 5.17. The molecular weight excluding hydrogens is 248 g/mol. The summed E-state index contributed by atoms with van der Waals surface area (Å²) in [5, 5.41) is 6.45. The van der Waals surface area contributed by atoms with Gasteiger partial charge in [0.05, 0.1) is 0 Å². The lowest BCUT2D eigenvalue weighted by Crippen LogP contribution is -2.32. The summed E-state index contributed by atoms with van der Waals surface area (Å²) in [5.74, 6) is 2.74. The van der Waals surface area contributed by atoms with Crippen LogP contribution in [0.1, 0.15) is 46.8 Å². The summed E-state index contributed by atoms with van der Waals surface area (Å²) in [5.41, 5.74) is 3.38. The number of hydrogen-bond donors (Lipinski definition) is 2. The molecule has 2 saturated carbocycles. The highest BCUT2D eigenvalue weighted by atomic mass is 16.1. The van der Waals surface area contributed by atoms with Gasteiger partial charge in [-0.3, -0.25) is 4.79 Å². The van der Waals surface area contributed by atoms with Crippen LogP contribution in [0.25, 0.3) is 0 Å². The van der Waals surface area contributed by atoms with Crippen molar-refractivity contribution in [3.05, 3.63) is 34.9 Å². The van der Waals surface area contributed by atoms with Crippen LogP contribution in [0.3, 0.4) is 0 Å². The zero-order chi connectivity index (χ0) is 13.7. The molecule has 1 amide bonds. The van der Waals surface area contributed by atoms with Crippen molar-refractivity contribution in [1.29, 1.82) is 0 Å². The molecule has 3 nitrogen and oxygen atoms in total. The molecule has 0 bridgehead atoms. The molecule has 1 aromatic carbocycles. The van der Waals surface area contributed by atoms with Crippen LogP contribution in [-0.2, 0) is 6.42 Å². The van der Waals surface area contributed by atoms with Crippen molar-refractivity contribution in [1.82, 2.24) is 10.6 Å². The fourth-order valence-electron chi connectivity index (χ4n) is 4.58. The van der Waals surface area contributed by atoms with Gasteiger partial charge in [-0.2, -0.15) is 0 Å². The van der Waals surface area contributed by atoms with E-state index in [0.717, 1.165) is 36.3 Å². The zero-order valence-electron chi connectivity index (χ0n) is 12.0. The third-order valence-electron chi connectivity index (χ3n) is 5.59. The monoisotopic (exact) mass is 270 g/mol.